The van der Waals surface area contributed by atoms with Gasteiger partial charge in [-0.3, -0.25) is 14.5 Å². The molecule has 194 valence electrons. The lowest BCUT2D eigenvalue weighted by molar-refractivity contribution is -0.117. The topological polar surface area (TPSA) is 92.6 Å². The number of ether oxygens (including phenoxy) is 1. The molecule has 1 aliphatic rings. The summed E-state index contributed by atoms with van der Waals surface area (Å²) in [4.78, 5) is 28.5. The van der Waals surface area contributed by atoms with E-state index in [4.69, 9.17) is 4.74 Å². The fourth-order valence-corrected chi connectivity index (χ4v) is 6.44. The maximum absolute atomic E-state index is 13.4. The molecule has 0 aliphatic carbocycles. The van der Waals surface area contributed by atoms with Crippen molar-refractivity contribution in [2.75, 3.05) is 11.5 Å². The molecule has 1 atom stereocenters. The van der Waals surface area contributed by atoms with Crippen LogP contribution in [0.2, 0.25) is 0 Å². The second-order valence-electron chi connectivity index (χ2n) is 8.33. The number of anilines is 1. The standard InChI is InChI=1S/C27H22FN3O4S3/c1-2-13-35-19-11-7-17(8-12-19)22-21(23(32)20-4-3-14-36-20)24(33)25(34)31(22)26-29-30-27(38-26)37-15-16-5-9-18(28)10-6-16/h3-12,14,22,33H,2,13,15H2,1H3. The molecule has 2 aromatic carbocycles. The number of hydrogen-bond acceptors (Lipinski definition) is 9. The summed E-state index contributed by atoms with van der Waals surface area (Å²) in [7, 11) is 0. The molecule has 5 rings (SSSR count). The first-order chi connectivity index (χ1) is 18.5. The SMILES string of the molecule is CCCOc1ccc(C2C(C(=O)c3cccs3)=C(O)C(=O)N2c2nnc(SCc3ccc(F)cc3)s2)cc1. The normalized spacial score (nSPS) is 15.4. The summed E-state index contributed by atoms with van der Waals surface area (Å²) in [6.07, 6.45) is 0.862. The number of Topliss-reactive ketones (excluding diaryl/α,β-unsaturated/α-hetero) is 1. The van der Waals surface area contributed by atoms with Gasteiger partial charge in [0.25, 0.3) is 5.91 Å². The smallest absolute Gasteiger partial charge is 0.296 e. The van der Waals surface area contributed by atoms with Crippen LogP contribution >= 0.6 is 34.4 Å². The van der Waals surface area contributed by atoms with E-state index >= 15 is 0 Å². The molecule has 0 bridgehead atoms. The van der Waals surface area contributed by atoms with Gasteiger partial charge in [0.2, 0.25) is 10.9 Å². The minimum Gasteiger partial charge on any atom is -0.503 e. The van der Waals surface area contributed by atoms with Crippen molar-refractivity contribution in [3.63, 3.8) is 0 Å². The Kier molecular flexibility index (Phi) is 7.87. The third kappa shape index (κ3) is 5.35. The van der Waals surface area contributed by atoms with Crippen molar-refractivity contribution >= 4 is 51.3 Å². The van der Waals surface area contributed by atoms with E-state index in [2.05, 4.69) is 10.2 Å². The van der Waals surface area contributed by atoms with E-state index in [1.54, 1.807) is 53.9 Å². The number of thioether (sulfide) groups is 1. The Hall–Kier alpha value is -3.54. The first kappa shape index (κ1) is 26.1. The second-order valence-corrected chi connectivity index (χ2v) is 11.5. The van der Waals surface area contributed by atoms with Crippen LogP contribution in [0.15, 0.2) is 81.7 Å². The number of carbonyl (C=O) groups excluding carboxylic acids is 2. The summed E-state index contributed by atoms with van der Waals surface area (Å²) in [5.41, 5.74) is 1.54. The van der Waals surface area contributed by atoms with Gasteiger partial charge >= 0.3 is 0 Å². The number of aliphatic hydroxyl groups excluding tert-OH is 1. The van der Waals surface area contributed by atoms with Gasteiger partial charge in [-0.2, -0.15) is 0 Å². The van der Waals surface area contributed by atoms with Crippen molar-refractivity contribution in [3.05, 3.63) is 99.2 Å². The molecule has 1 amide bonds. The Balaban J connectivity index is 1.46. The molecule has 1 unspecified atom stereocenters. The first-order valence-electron chi connectivity index (χ1n) is 11.7. The van der Waals surface area contributed by atoms with E-state index in [9.17, 15) is 19.1 Å². The number of aromatic nitrogens is 2. The van der Waals surface area contributed by atoms with Gasteiger partial charge in [0.05, 0.1) is 23.1 Å². The van der Waals surface area contributed by atoms with Gasteiger partial charge in [-0.15, -0.1) is 21.5 Å². The van der Waals surface area contributed by atoms with Gasteiger partial charge in [-0.05, 0) is 53.3 Å². The van der Waals surface area contributed by atoms with Gasteiger partial charge in [-0.25, -0.2) is 4.39 Å². The minimum absolute atomic E-state index is 0.00427. The number of benzene rings is 2. The highest BCUT2D eigenvalue weighted by molar-refractivity contribution is 8.00. The summed E-state index contributed by atoms with van der Waals surface area (Å²) in [5.74, 6) is -0.832. The Morgan fingerprint density at radius 1 is 1.13 bits per heavy atom. The maximum atomic E-state index is 13.4. The van der Waals surface area contributed by atoms with E-state index in [0.717, 1.165) is 12.0 Å². The molecule has 4 aromatic rings. The number of ketones is 1. The van der Waals surface area contributed by atoms with Gasteiger partial charge in [0.15, 0.2) is 10.1 Å². The van der Waals surface area contributed by atoms with Crippen molar-refractivity contribution in [2.24, 2.45) is 0 Å². The molecule has 0 spiro atoms. The summed E-state index contributed by atoms with van der Waals surface area (Å²) in [6, 6.07) is 15.8. The average Bonchev–Trinajstić information content (AvgIpc) is 3.68. The largest absolute Gasteiger partial charge is 0.503 e. The van der Waals surface area contributed by atoms with E-state index in [-0.39, 0.29) is 16.5 Å². The molecular weight excluding hydrogens is 546 g/mol. The van der Waals surface area contributed by atoms with Crippen molar-refractivity contribution in [1.82, 2.24) is 10.2 Å². The molecule has 3 heterocycles. The summed E-state index contributed by atoms with van der Waals surface area (Å²) >= 11 is 3.82. The van der Waals surface area contributed by atoms with Crippen molar-refractivity contribution in [3.8, 4) is 5.75 Å². The fraction of sp³-hybridized carbons (Fsp3) is 0.185. The van der Waals surface area contributed by atoms with Crippen LogP contribution in [0.3, 0.4) is 0 Å². The van der Waals surface area contributed by atoms with Crippen LogP contribution in [0.25, 0.3) is 0 Å². The monoisotopic (exact) mass is 567 g/mol. The van der Waals surface area contributed by atoms with E-state index < -0.39 is 23.5 Å². The number of rotatable bonds is 10. The quantitative estimate of drug-likeness (QED) is 0.131. The molecule has 2 aromatic heterocycles. The zero-order valence-electron chi connectivity index (χ0n) is 20.2. The lowest BCUT2D eigenvalue weighted by atomic mass is 9.95. The van der Waals surface area contributed by atoms with Crippen molar-refractivity contribution in [1.29, 1.82) is 0 Å². The Morgan fingerprint density at radius 2 is 1.89 bits per heavy atom. The number of carbonyl (C=O) groups is 2. The summed E-state index contributed by atoms with van der Waals surface area (Å²) in [5, 5.41) is 21.4. The molecule has 0 saturated heterocycles. The third-order valence-corrected chi connectivity index (χ3v) is 8.74. The van der Waals surface area contributed by atoms with Gasteiger partial charge in [0, 0.05) is 5.75 Å². The molecule has 38 heavy (non-hydrogen) atoms. The maximum Gasteiger partial charge on any atom is 0.296 e. The lowest BCUT2D eigenvalue weighted by Gasteiger charge is -2.24. The van der Waals surface area contributed by atoms with Gasteiger partial charge < -0.3 is 9.84 Å². The van der Waals surface area contributed by atoms with Gasteiger partial charge in [0.1, 0.15) is 11.6 Å². The Morgan fingerprint density at radius 3 is 2.58 bits per heavy atom. The predicted molar refractivity (Wildman–Crippen MR) is 147 cm³/mol. The van der Waals surface area contributed by atoms with Crippen LogP contribution in [0, 0.1) is 5.82 Å². The van der Waals surface area contributed by atoms with E-state index in [1.165, 1.54) is 51.5 Å². The molecule has 0 saturated carbocycles. The molecule has 1 aliphatic heterocycles. The van der Waals surface area contributed by atoms with Crippen LogP contribution < -0.4 is 9.64 Å². The van der Waals surface area contributed by atoms with Crippen LogP contribution in [0.5, 0.6) is 5.75 Å². The van der Waals surface area contributed by atoms with Crippen LogP contribution in [0.4, 0.5) is 9.52 Å². The summed E-state index contributed by atoms with van der Waals surface area (Å²) < 4.78 is 19.5. The number of aliphatic hydroxyl groups is 1. The minimum atomic E-state index is -0.889. The fourth-order valence-electron chi connectivity index (χ4n) is 3.94. The zero-order chi connectivity index (χ0) is 26.6. The number of amides is 1. The predicted octanol–water partition coefficient (Wildman–Crippen LogP) is 6.60. The first-order valence-corrected chi connectivity index (χ1v) is 14.4. The molecule has 0 fully saturated rings. The Labute approximate surface area is 230 Å². The second kappa shape index (κ2) is 11.5. The van der Waals surface area contributed by atoms with Crippen LogP contribution in [-0.2, 0) is 10.5 Å². The lowest BCUT2D eigenvalue weighted by Crippen LogP contribution is -2.31. The molecule has 7 nitrogen and oxygen atoms in total. The van der Waals surface area contributed by atoms with E-state index in [1.807, 2.05) is 6.92 Å². The highest BCUT2D eigenvalue weighted by atomic mass is 32.2. The zero-order valence-corrected chi connectivity index (χ0v) is 22.6. The van der Waals surface area contributed by atoms with Crippen molar-refractivity contribution < 1.29 is 23.8 Å². The van der Waals surface area contributed by atoms with Gasteiger partial charge in [-0.1, -0.05) is 60.4 Å². The molecular formula is C27H22FN3O4S3. The third-order valence-electron chi connectivity index (χ3n) is 5.74. The number of halogens is 1. The van der Waals surface area contributed by atoms with E-state index in [0.29, 0.717) is 32.9 Å². The number of nitrogens with zero attached hydrogens (tertiary/aromatic N) is 3. The average molecular weight is 568 g/mol. The van der Waals surface area contributed by atoms with Crippen LogP contribution in [0.1, 0.15) is 40.2 Å². The highest BCUT2D eigenvalue weighted by Crippen LogP contribution is 2.44. The van der Waals surface area contributed by atoms with Crippen LogP contribution in [-0.4, -0.2) is 33.6 Å². The van der Waals surface area contributed by atoms with Crippen molar-refractivity contribution in [2.45, 2.75) is 29.5 Å². The number of hydrogen-bond donors (Lipinski definition) is 1. The highest BCUT2D eigenvalue weighted by Gasteiger charge is 2.46. The number of thiophene rings is 1. The molecule has 1 N–H and O–H groups in total. The molecule has 0 radical (unpaired) electrons. The molecule has 11 heteroatoms. The Bertz CT molecular complexity index is 1470. The summed E-state index contributed by atoms with van der Waals surface area (Å²) in [6.45, 7) is 2.58.